The molecule has 2 fully saturated rings. The highest BCUT2D eigenvalue weighted by atomic mass is 16.7. The molecule has 1 aromatic heterocycles. The van der Waals surface area contributed by atoms with Crippen LogP contribution in [0.4, 0.5) is 5.69 Å². The third-order valence-corrected chi connectivity index (χ3v) is 5.44. The van der Waals surface area contributed by atoms with Crippen molar-refractivity contribution in [3.8, 4) is 0 Å². The summed E-state index contributed by atoms with van der Waals surface area (Å²) < 4.78 is 0. The zero-order valence-electron chi connectivity index (χ0n) is 15.8. The van der Waals surface area contributed by atoms with Gasteiger partial charge in [0.05, 0.1) is 28.9 Å². The Bertz CT molecular complexity index is 1170. The summed E-state index contributed by atoms with van der Waals surface area (Å²) in [6.45, 7) is -0.252. The van der Waals surface area contributed by atoms with Gasteiger partial charge >= 0.3 is 0 Å². The summed E-state index contributed by atoms with van der Waals surface area (Å²) >= 11 is 0. The minimum atomic E-state index is -1.03. The van der Waals surface area contributed by atoms with Crippen molar-refractivity contribution in [2.45, 2.75) is 12.1 Å². The molecule has 0 radical (unpaired) electrons. The van der Waals surface area contributed by atoms with Gasteiger partial charge in [-0.2, -0.15) is 5.06 Å². The summed E-state index contributed by atoms with van der Waals surface area (Å²) in [5, 5.41) is 2.25. The van der Waals surface area contributed by atoms with Gasteiger partial charge in [-0.3, -0.25) is 24.2 Å². The first-order valence-corrected chi connectivity index (χ1v) is 9.55. The zero-order chi connectivity index (χ0) is 20.8. The number of imide groups is 1. The van der Waals surface area contributed by atoms with Crippen LogP contribution in [-0.4, -0.2) is 40.4 Å². The van der Waals surface area contributed by atoms with E-state index in [1.54, 1.807) is 30.3 Å². The highest BCUT2D eigenvalue weighted by Crippen LogP contribution is 2.45. The number of aromatic nitrogens is 1. The lowest BCUT2D eigenvalue weighted by Gasteiger charge is -2.25. The van der Waals surface area contributed by atoms with Gasteiger partial charge in [-0.15, -0.1) is 0 Å². The molecule has 3 atom stereocenters. The Hall–Kier alpha value is -3.62. The van der Waals surface area contributed by atoms with Gasteiger partial charge in [0.2, 0.25) is 11.8 Å². The molecule has 2 aromatic carbocycles. The summed E-state index contributed by atoms with van der Waals surface area (Å²) in [4.78, 5) is 49.6. The number of para-hydroxylation sites is 2. The van der Waals surface area contributed by atoms with Crippen molar-refractivity contribution in [1.82, 2.24) is 10.0 Å². The van der Waals surface area contributed by atoms with E-state index in [1.165, 1.54) is 5.06 Å². The van der Waals surface area contributed by atoms with Crippen molar-refractivity contribution in [2.24, 2.45) is 11.7 Å². The number of carbonyl (C=O) groups is 3. The number of hydrogen-bond donors (Lipinski definition) is 1. The van der Waals surface area contributed by atoms with Gasteiger partial charge in [-0.25, -0.2) is 4.90 Å². The molecule has 150 valence electrons. The number of nitrogens with two attached hydrogens (primary N) is 1. The molecule has 0 saturated carbocycles. The summed E-state index contributed by atoms with van der Waals surface area (Å²) in [5.74, 6) is -2.30. The summed E-state index contributed by atoms with van der Waals surface area (Å²) in [5.41, 5.74) is 7.15. The van der Waals surface area contributed by atoms with E-state index >= 15 is 0 Å². The Kier molecular flexibility index (Phi) is 4.30. The average molecular weight is 402 g/mol. The molecule has 3 unspecified atom stereocenters. The molecule has 30 heavy (non-hydrogen) atoms. The molecule has 5 rings (SSSR count). The van der Waals surface area contributed by atoms with Crippen molar-refractivity contribution < 1.29 is 19.2 Å². The van der Waals surface area contributed by atoms with Crippen LogP contribution in [0.2, 0.25) is 0 Å². The molecule has 2 saturated heterocycles. The van der Waals surface area contributed by atoms with E-state index in [9.17, 15) is 14.4 Å². The number of pyridine rings is 1. The maximum atomic E-state index is 13.3. The van der Waals surface area contributed by atoms with Gasteiger partial charge in [-0.05, 0) is 24.3 Å². The lowest BCUT2D eigenvalue weighted by molar-refractivity contribution is -0.175. The Morgan fingerprint density at radius 1 is 0.967 bits per heavy atom. The molecular weight excluding hydrogens is 384 g/mol. The molecule has 8 nitrogen and oxygen atoms in total. The number of anilines is 1. The normalized spacial score (nSPS) is 23.9. The maximum Gasteiger partial charge on any atom is 0.265 e. The van der Waals surface area contributed by atoms with Gasteiger partial charge < -0.3 is 5.73 Å². The predicted molar refractivity (Wildman–Crippen MR) is 108 cm³/mol. The number of amides is 3. The fourth-order valence-corrected chi connectivity index (χ4v) is 4.17. The van der Waals surface area contributed by atoms with Crippen LogP contribution in [0.1, 0.15) is 11.7 Å². The van der Waals surface area contributed by atoms with Gasteiger partial charge in [0.1, 0.15) is 6.54 Å². The van der Waals surface area contributed by atoms with E-state index in [0.29, 0.717) is 11.4 Å². The smallest absolute Gasteiger partial charge is 0.265 e. The largest absolute Gasteiger partial charge is 0.368 e. The highest BCUT2D eigenvalue weighted by molar-refractivity contribution is 6.23. The molecule has 0 spiro atoms. The molecule has 2 N–H and O–H groups in total. The second kappa shape index (κ2) is 7.01. The number of carbonyl (C=O) groups excluding carboxylic acids is 3. The summed E-state index contributed by atoms with van der Waals surface area (Å²) in [6, 6.07) is 19.3. The van der Waals surface area contributed by atoms with Crippen molar-refractivity contribution in [1.29, 1.82) is 0 Å². The lowest BCUT2D eigenvalue weighted by atomic mass is 9.93. The molecule has 0 bridgehead atoms. The quantitative estimate of drug-likeness (QED) is 0.664. The highest BCUT2D eigenvalue weighted by Gasteiger charge is 2.60. The SMILES string of the molecule is NC(=O)CN1OC2C(=O)N(c3ccccc3)C(=O)C2C1c1ccc2ccccc2n1. The van der Waals surface area contributed by atoms with Crippen molar-refractivity contribution >= 4 is 34.3 Å². The van der Waals surface area contributed by atoms with Gasteiger partial charge in [-0.1, -0.05) is 42.5 Å². The van der Waals surface area contributed by atoms with Crippen LogP contribution in [0.15, 0.2) is 66.7 Å². The minimum Gasteiger partial charge on any atom is -0.368 e. The van der Waals surface area contributed by atoms with Gasteiger partial charge in [0.15, 0.2) is 6.10 Å². The Morgan fingerprint density at radius 2 is 1.70 bits per heavy atom. The third-order valence-electron chi connectivity index (χ3n) is 5.44. The van der Waals surface area contributed by atoms with Crippen molar-refractivity contribution in [2.75, 3.05) is 11.4 Å². The molecule has 3 amide bonds. The summed E-state index contributed by atoms with van der Waals surface area (Å²) in [7, 11) is 0. The number of hydrogen-bond acceptors (Lipinski definition) is 6. The standard InChI is InChI=1S/C22H18N4O4/c23-17(27)12-25-19(16-11-10-13-6-4-5-9-15(13)24-16)18-20(30-25)22(29)26(21(18)28)14-7-2-1-3-8-14/h1-11,18-20H,12H2,(H2,23,27). The van der Waals surface area contributed by atoms with Crippen LogP contribution in [0.25, 0.3) is 10.9 Å². The van der Waals surface area contributed by atoms with Crippen LogP contribution < -0.4 is 10.6 Å². The van der Waals surface area contributed by atoms with E-state index in [0.717, 1.165) is 15.8 Å². The first-order chi connectivity index (χ1) is 14.5. The Morgan fingerprint density at radius 3 is 2.47 bits per heavy atom. The molecule has 2 aliphatic rings. The lowest BCUT2D eigenvalue weighted by Crippen LogP contribution is -2.40. The van der Waals surface area contributed by atoms with E-state index in [2.05, 4.69) is 4.98 Å². The zero-order valence-corrected chi connectivity index (χ0v) is 15.8. The van der Waals surface area contributed by atoms with E-state index in [1.807, 2.05) is 36.4 Å². The van der Waals surface area contributed by atoms with Crippen LogP contribution in [0, 0.1) is 5.92 Å². The predicted octanol–water partition coefficient (Wildman–Crippen LogP) is 1.57. The molecule has 3 aromatic rings. The van der Waals surface area contributed by atoms with Gasteiger partial charge in [0, 0.05) is 5.39 Å². The van der Waals surface area contributed by atoms with E-state index in [4.69, 9.17) is 10.6 Å². The first kappa shape index (κ1) is 18.4. The Balaban J connectivity index is 1.58. The van der Waals surface area contributed by atoms with Crippen molar-refractivity contribution in [3.05, 3.63) is 72.4 Å². The topological polar surface area (TPSA) is 106 Å². The average Bonchev–Trinajstić information content (AvgIpc) is 3.23. The van der Waals surface area contributed by atoms with Crippen LogP contribution >= 0.6 is 0 Å². The Labute approximate surface area is 171 Å². The molecular formula is C22H18N4O4. The van der Waals surface area contributed by atoms with E-state index in [-0.39, 0.29) is 12.5 Å². The number of hydroxylamine groups is 2. The molecule has 0 aliphatic carbocycles. The number of benzene rings is 2. The number of rotatable bonds is 4. The van der Waals surface area contributed by atoms with Crippen LogP contribution in [-0.2, 0) is 19.2 Å². The molecule has 3 heterocycles. The number of fused-ring (bicyclic) bond motifs is 2. The number of nitrogens with zero attached hydrogens (tertiary/aromatic N) is 3. The van der Waals surface area contributed by atoms with Gasteiger partial charge in [0.25, 0.3) is 5.91 Å². The minimum absolute atomic E-state index is 0.252. The monoisotopic (exact) mass is 402 g/mol. The second-order valence-electron chi connectivity index (χ2n) is 7.31. The number of primary amides is 1. The fourth-order valence-electron chi connectivity index (χ4n) is 4.17. The molecule has 8 heteroatoms. The maximum absolute atomic E-state index is 13.3. The third kappa shape index (κ3) is 2.85. The fraction of sp³-hybridized carbons (Fsp3) is 0.182. The van der Waals surface area contributed by atoms with Crippen molar-refractivity contribution in [3.63, 3.8) is 0 Å². The second-order valence-corrected chi connectivity index (χ2v) is 7.31. The molecule has 2 aliphatic heterocycles. The first-order valence-electron chi connectivity index (χ1n) is 9.55. The van der Waals surface area contributed by atoms with Crippen LogP contribution in [0.3, 0.4) is 0 Å². The van der Waals surface area contributed by atoms with Crippen LogP contribution in [0.5, 0.6) is 0 Å². The summed E-state index contributed by atoms with van der Waals surface area (Å²) in [6.07, 6.45) is -1.03. The van der Waals surface area contributed by atoms with E-state index < -0.39 is 29.9 Å².